The smallest absolute Gasteiger partial charge is 0.194 e. The highest BCUT2D eigenvalue weighted by molar-refractivity contribution is 5.19. The largest absolute Gasteiger partial charge is 1.00 e. The average molecular weight is 355 g/mol. The van der Waals surface area contributed by atoms with Gasteiger partial charge in [-0.1, -0.05) is 0 Å². The first-order valence-corrected chi connectivity index (χ1v) is 6.29. The first kappa shape index (κ1) is 17.4. The highest BCUT2D eigenvalue weighted by Gasteiger charge is 2.39. The summed E-state index contributed by atoms with van der Waals surface area (Å²) in [5.74, 6) is -3.48. The van der Waals surface area contributed by atoms with E-state index in [-0.39, 0.29) is 22.5 Å². The molecule has 2 N–H and O–H groups in total. The Morgan fingerprint density at radius 3 is 2.05 bits per heavy atom. The highest BCUT2D eigenvalue weighted by Crippen LogP contribution is 2.25. The molecule has 0 aliphatic carbocycles. The van der Waals surface area contributed by atoms with Crippen molar-refractivity contribution < 1.29 is 40.1 Å². The molecule has 3 fully saturated rings. The summed E-state index contributed by atoms with van der Waals surface area (Å²) in [5, 5.41) is 0. The molecule has 0 saturated carbocycles. The second kappa shape index (κ2) is 6.43. The van der Waals surface area contributed by atoms with Crippen LogP contribution in [0, 0.1) is 17.5 Å². The van der Waals surface area contributed by atoms with Gasteiger partial charge >= 0.3 is 0 Å². The fourth-order valence-electron chi connectivity index (χ4n) is 3.02. The Balaban J connectivity index is 0.000001000. The van der Waals surface area contributed by atoms with Crippen molar-refractivity contribution in [2.75, 3.05) is 39.3 Å². The van der Waals surface area contributed by atoms with Gasteiger partial charge in [-0.05, 0) is 12.1 Å². The monoisotopic (exact) mass is 354 g/mol. The molecular weight excluding hydrogens is 337 g/mol. The molecule has 0 unspecified atom stereocenters. The maximum absolute atomic E-state index is 13.7. The fraction of sp³-hybridized carbons (Fsp3) is 0.538. The van der Waals surface area contributed by atoms with Gasteiger partial charge in [0.2, 0.25) is 0 Å². The lowest BCUT2D eigenvalue weighted by Crippen LogP contribution is -3.00. The standard InChI is InChI=1S/C13H16F3N2.BrH.H2O/c14-11-2-1-10(12(15)13(11)16)9-18-6-3-17(4-7-18)5-8-18;;/h1-2H,3-9H2;1H;1H2/q+1;;/p-1. The van der Waals surface area contributed by atoms with Crippen molar-refractivity contribution in [1.29, 1.82) is 0 Å². The molecule has 114 valence electrons. The third-order valence-electron chi connectivity index (χ3n) is 4.29. The Morgan fingerprint density at radius 2 is 1.50 bits per heavy atom. The number of fused-ring (bicyclic) bond motifs is 3. The minimum atomic E-state index is -1.35. The molecule has 0 radical (unpaired) electrons. The molecule has 3 saturated heterocycles. The van der Waals surface area contributed by atoms with Crippen LogP contribution in [0.1, 0.15) is 5.56 Å². The molecule has 3 aliphatic rings. The van der Waals surface area contributed by atoms with Crippen LogP contribution in [-0.4, -0.2) is 54.1 Å². The Kier molecular flexibility index (Phi) is 5.60. The Hall–Kier alpha value is -0.630. The van der Waals surface area contributed by atoms with Crippen molar-refractivity contribution in [3.8, 4) is 0 Å². The zero-order chi connectivity index (χ0) is 12.8. The third kappa shape index (κ3) is 3.00. The molecule has 0 spiro atoms. The minimum absolute atomic E-state index is 0. The van der Waals surface area contributed by atoms with E-state index in [0.717, 1.165) is 49.8 Å². The van der Waals surface area contributed by atoms with Gasteiger partial charge in [0.05, 0.1) is 19.6 Å². The van der Waals surface area contributed by atoms with Crippen LogP contribution in [0.2, 0.25) is 0 Å². The number of rotatable bonds is 2. The van der Waals surface area contributed by atoms with E-state index in [1.165, 1.54) is 6.07 Å². The Labute approximate surface area is 126 Å². The first-order valence-electron chi connectivity index (χ1n) is 6.29. The van der Waals surface area contributed by atoms with Crippen molar-refractivity contribution in [1.82, 2.24) is 4.90 Å². The van der Waals surface area contributed by atoms with Gasteiger partial charge in [0.25, 0.3) is 0 Å². The maximum Gasteiger partial charge on any atom is 0.194 e. The summed E-state index contributed by atoms with van der Waals surface area (Å²) in [5.41, 5.74) is 0.296. The summed E-state index contributed by atoms with van der Waals surface area (Å²) in [6.07, 6.45) is 0. The second-order valence-electron chi connectivity index (χ2n) is 5.35. The molecule has 3 heterocycles. The van der Waals surface area contributed by atoms with Crippen molar-refractivity contribution in [2.45, 2.75) is 6.54 Å². The predicted molar refractivity (Wildman–Crippen MR) is 64.9 cm³/mol. The number of piperazine rings is 3. The van der Waals surface area contributed by atoms with Crippen LogP contribution in [0.15, 0.2) is 12.1 Å². The van der Waals surface area contributed by atoms with E-state index in [1.54, 1.807) is 0 Å². The van der Waals surface area contributed by atoms with E-state index in [1.807, 2.05) is 0 Å². The molecule has 0 amide bonds. The molecular formula is C13H18BrF3N2O. The molecule has 20 heavy (non-hydrogen) atoms. The van der Waals surface area contributed by atoms with Crippen LogP contribution in [0.5, 0.6) is 0 Å². The summed E-state index contributed by atoms with van der Waals surface area (Å²) in [7, 11) is 0. The first-order chi connectivity index (χ1) is 8.60. The number of halogens is 4. The predicted octanol–water partition coefficient (Wildman–Crippen LogP) is -2.07. The lowest BCUT2D eigenvalue weighted by Gasteiger charge is -2.50. The maximum atomic E-state index is 13.7. The fourth-order valence-corrected chi connectivity index (χ4v) is 3.02. The second-order valence-corrected chi connectivity index (χ2v) is 5.35. The number of hydrogen-bond donors (Lipinski definition) is 0. The van der Waals surface area contributed by atoms with Crippen LogP contribution in [-0.2, 0) is 6.54 Å². The Morgan fingerprint density at radius 1 is 0.950 bits per heavy atom. The Bertz CT molecular complexity index is 465. The highest BCUT2D eigenvalue weighted by atomic mass is 79.9. The van der Waals surface area contributed by atoms with Crippen molar-refractivity contribution >= 4 is 0 Å². The van der Waals surface area contributed by atoms with E-state index in [2.05, 4.69) is 4.90 Å². The zero-order valence-corrected chi connectivity index (χ0v) is 12.6. The van der Waals surface area contributed by atoms with E-state index in [4.69, 9.17) is 0 Å². The van der Waals surface area contributed by atoms with E-state index in [0.29, 0.717) is 12.1 Å². The molecule has 3 nitrogen and oxygen atoms in total. The summed E-state index contributed by atoms with van der Waals surface area (Å²) in [4.78, 5) is 2.39. The molecule has 7 heteroatoms. The summed E-state index contributed by atoms with van der Waals surface area (Å²) in [6.45, 7) is 6.44. The number of nitrogens with zero attached hydrogens (tertiary/aromatic N) is 2. The van der Waals surface area contributed by atoms with Crippen LogP contribution in [0.4, 0.5) is 13.2 Å². The molecule has 1 aromatic rings. The number of quaternary nitrogens is 1. The number of benzene rings is 1. The van der Waals surface area contributed by atoms with Crippen LogP contribution < -0.4 is 17.0 Å². The summed E-state index contributed by atoms with van der Waals surface area (Å²) < 4.78 is 40.6. The minimum Gasteiger partial charge on any atom is -1.00 e. The third-order valence-corrected chi connectivity index (χ3v) is 4.29. The van der Waals surface area contributed by atoms with Gasteiger partial charge in [-0.25, -0.2) is 13.2 Å². The van der Waals surface area contributed by atoms with Gasteiger partial charge < -0.3 is 26.9 Å². The van der Waals surface area contributed by atoms with Crippen molar-refractivity contribution in [3.05, 3.63) is 35.1 Å². The van der Waals surface area contributed by atoms with Gasteiger partial charge in [-0.15, -0.1) is 0 Å². The molecule has 3 aliphatic heterocycles. The van der Waals surface area contributed by atoms with E-state index in [9.17, 15) is 13.2 Å². The quantitative estimate of drug-likeness (QED) is 0.444. The van der Waals surface area contributed by atoms with Crippen molar-refractivity contribution in [2.24, 2.45) is 0 Å². The van der Waals surface area contributed by atoms with Crippen LogP contribution in [0.3, 0.4) is 0 Å². The summed E-state index contributed by atoms with van der Waals surface area (Å²) in [6, 6.07) is 2.40. The zero-order valence-electron chi connectivity index (χ0n) is 11.0. The molecule has 2 bridgehead atoms. The topological polar surface area (TPSA) is 34.7 Å². The average Bonchev–Trinajstić information content (AvgIpc) is 2.42. The SMILES string of the molecule is Fc1ccc(C[N+]23CCN(CC2)CC3)c(F)c1F.O.[Br-]. The normalized spacial score (nSPS) is 27.6. The van der Waals surface area contributed by atoms with Gasteiger partial charge in [-0.2, -0.15) is 0 Å². The van der Waals surface area contributed by atoms with Gasteiger partial charge in [0.15, 0.2) is 17.5 Å². The molecule has 0 atom stereocenters. The number of hydrogen-bond acceptors (Lipinski definition) is 1. The van der Waals surface area contributed by atoms with Gasteiger partial charge in [0, 0.05) is 25.2 Å². The molecule has 0 aromatic heterocycles. The van der Waals surface area contributed by atoms with Crippen LogP contribution >= 0.6 is 0 Å². The van der Waals surface area contributed by atoms with Crippen molar-refractivity contribution in [3.63, 3.8) is 0 Å². The molecule has 4 rings (SSSR count). The van der Waals surface area contributed by atoms with E-state index >= 15 is 0 Å². The van der Waals surface area contributed by atoms with Gasteiger partial charge in [-0.3, -0.25) is 4.90 Å². The van der Waals surface area contributed by atoms with Crippen LogP contribution in [0.25, 0.3) is 0 Å². The lowest BCUT2D eigenvalue weighted by molar-refractivity contribution is -0.953. The van der Waals surface area contributed by atoms with Gasteiger partial charge in [0.1, 0.15) is 6.54 Å². The lowest BCUT2D eigenvalue weighted by atomic mass is 10.1. The molecule has 1 aromatic carbocycles. The summed E-state index contributed by atoms with van der Waals surface area (Å²) >= 11 is 0. The van der Waals surface area contributed by atoms with E-state index < -0.39 is 17.5 Å².